The van der Waals surface area contributed by atoms with Crippen LogP contribution in [0.15, 0.2) is 42.7 Å². The van der Waals surface area contributed by atoms with Crippen molar-refractivity contribution in [3.05, 3.63) is 48.3 Å². The third-order valence-electron chi connectivity index (χ3n) is 4.40. The van der Waals surface area contributed by atoms with Crippen molar-refractivity contribution in [2.45, 2.75) is 38.1 Å². The van der Waals surface area contributed by atoms with Gasteiger partial charge in [-0.1, -0.05) is 37.5 Å². The van der Waals surface area contributed by atoms with Gasteiger partial charge in [0.1, 0.15) is 6.04 Å². The molecule has 1 fully saturated rings. The lowest BCUT2D eigenvalue weighted by molar-refractivity contribution is -0.121. The van der Waals surface area contributed by atoms with Crippen LogP contribution in [0.1, 0.15) is 43.7 Å². The van der Waals surface area contributed by atoms with Crippen LogP contribution in [0, 0.1) is 17.2 Å². The average Bonchev–Trinajstić information content (AvgIpc) is 3.02. The van der Waals surface area contributed by atoms with Crippen LogP contribution >= 0.6 is 0 Å². The summed E-state index contributed by atoms with van der Waals surface area (Å²) in [6.45, 7) is 0. The van der Waals surface area contributed by atoms with Crippen LogP contribution in [0.2, 0.25) is 0 Å². The maximum atomic E-state index is 12.0. The zero-order valence-corrected chi connectivity index (χ0v) is 13.0. The number of nitriles is 1. The molecule has 0 unspecified atom stereocenters. The molecule has 1 N–H and O–H groups in total. The minimum absolute atomic E-state index is 0.0593. The number of benzene rings is 1. The molecule has 0 spiro atoms. The summed E-state index contributed by atoms with van der Waals surface area (Å²) in [6.07, 6.45) is 8.59. The first-order valence-corrected chi connectivity index (χ1v) is 8.05. The standard InChI is InChI=1S/C18H20N4O/c19-11-17(21-18(23)10-9-14-5-4-6-14)15-12-20-22(13-15)16-7-2-1-3-8-16/h1-3,7-8,12-14,17H,4-6,9-10H2,(H,21,23)/t17-/m1/s1. The van der Waals surface area contributed by atoms with Crippen LogP contribution in [0.3, 0.4) is 0 Å². The summed E-state index contributed by atoms with van der Waals surface area (Å²) < 4.78 is 1.71. The number of carbonyl (C=O) groups is 1. The Morgan fingerprint density at radius 3 is 2.83 bits per heavy atom. The molecule has 23 heavy (non-hydrogen) atoms. The minimum Gasteiger partial charge on any atom is -0.337 e. The summed E-state index contributed by atoms with van der Waals surface area (Å²) >= 11 is 0. The van der Waals surface area contributed by atoms with Gasteiger partial charge in [-0.05, 0) is 24.5 Å². The van der Waals surface area contributed by atoms with E-state index in [1.54, 1.807) is 17.1 Å². The Balaban J connectivity index is 1.61. The maximum Gasteiger partial charge on any atom is 0.221 e. The first-order valence-electron chi connectivity index (χ1n) is 8.05. The lowest BCUT2D eigenvalue weighted by Crippen LogP contribution is -2.28. The highest BCUT2D eigenvalue weighted by atomic mass is 16.1. The number of amides is 1. The van der Waals surface area contributed by atoms with Crippen molar-refractivity contribution < 1.29 is 4.79 Å². The molecule has 0 radical (unpaired) electrons. The van der Waals surface area contributed by atoms with Crippen LogP contribution in [-0.2, 0) is 4.79 Å². The molecule has 1 aliphatic rings. The first-order chi connectivity index (χ1) is 11.3. The third kappa shape index (κ3) is 3.78. The van der Waals surface area contributed by atoms with Gasteiger partial charge in [0.2, 0.25) is 5.91 Å². The van der Waals surface area contributed by atoms with E-state index in [4.69, 9.17) is 0 Å². The van der Waals surface area contributed by atoms with Gasteiger partial charge in [0, 0.05) is 18.2 Å². The summed E-state index contributed by atoms with van der Waals surface area (Å²) in [4.78, 5) is 12.0. The molecule has 1 aliphatic carbocycles. The molecule has 1 atom stereocenters. The highest BCUT2D eigenvalue weighted by Gasteiger charge is 2.20. The van der Waals surface area contributed by atoms with Gasteiger partial charge in [0.15, 0.2) is 0 Å². The Kier molecular flexibility index (Phi) is 4.72. The second-order valence-electron chi connectivity index (χ2n) is 6.02. The topological polar surface area (TPSA) is 70.7 Å². The fourth-order valence-corrected chi connectivity index (χ4v) is 2.75. The highest BCUT2D eigenvalue weighted by molar-refractivity contribution is 5.76. The van der Waals surface area contributed by atoms with E-state index in [0.717, 1.165) is 12.1 Å². The predicted molar refractivity (Wildman–Crippen MR) is 86.6 cm³/mol. The van der Waals surface area contributed by atoms with E-state index in [1.807, 2.05) is 30.3 Å². The molecular formula is C18H20N4O. The third-order valence-corrected chi connectivity index (χ3v) is 4.40. The van der Waals surface area contributed by atoms with Gasteiger partial charge in [-0.3, -0.25) is 4.79 Å². The fraction of sp³-hybridized carbons (Fsp3) is 0.389. The van der Waals surface area contributed by atoms with Crippen molar-refractivity contribution >= 4 is 5.91 Å². The van der Waals surface area contributed by atoms with E-state index in [2.05, 4.69) is 16.5 Å². The summed E-state index contributed by atoms with van der Waals surface area (Å²) in [5.74, 6) is 0.637. The highest BCUT2D eigenvalue weighted by Crippen LogP contribution is 2.30. The molecule has 5 heteroatoms. The molecule has 118 valence electrons. The van der Waals surface area contributed by atoms with Gasteiger partial charge < -0.3 is 5.32 Å². The Hall–Kier alpha value is -2.61. The van der Waals surface area contributed by atoms with Crippen molar-refractivity contribution in [1.82, 2.24) is 15.1 Å². The predicted octanol–water partition coefficient (Wildman–Crippen LogP) is 3.13. The van der Waals surface area contributed by atoms with Crippen LogP contribution in [0.5, 0.6) is 0 Å². The van der Waals surface area contributed by atoms with Crippen LogP contribution in [0.4, 0.5) is 0 Å². The number of carbonyl (C=O) groups excluding carboxylic acids is 1. The minimum atomic E-state index is -0.652. The van der Waals surface area contributed by atoms with Gasteiger partial charge in [-0.15, -0.1) is 0 Å². The van der Waals surface area contributed by atoms with Crippen molar-refractivity contribution in [1.29, 1.82) is 5.26 Å². The lowest BCUT2D eigenvalue weighted by Gasteiger charge is -2.24. The van der Waals surface area contributed by atoms with Crippen molar-refractivity contribution in [2.75, 3.05) is 0 Å². The molecule has 1 amide bonds. The zero-order valence-electron chi connectivity index (χ0n) is 13.0. The second kappa shape index (κ2) is 7.10. The van der Waals surface area contributed by atoms with E-state index in [-0.39, 0.29) is 5.91 Å². The molecule has 1 saturated carbocycles. The molecule has 5 nitrogen and oxygen atoms in total. The number of nitrogens with zero attached hydrogens (tertiary/aromatic N) is 3. The molecule has 3 rings (SSSR count). The maximum absolute atomic E-state index is 12.0. The van der Waals surface area contributed by atoms with Gasteiger partial charge in [-0.2, -0.15) is 10.4 Å². The average molecular weight is 308 g/mol. The molecule has 0 aliphatic heterocycles. The van der Waals surface area contributed by atoms with Crippen molar-refractivity contribution in [2.24, 2.45) is 5.92 Å². The number of rotatable bonds is 6. The Morgan fingerprint density at radius 2 is 2.17 bits per heavy atom. The summed E-state index contributed by atoms with van der Waals surface area (Å²) in [5, 5.41) is 16.4. The van der Waals surface area contributed by atoms with Gasteiger partial charge >= 0.3 is 0 Å². The Morgan fingerprint density at radius 1 is 1.39 bits per heavy atom. The number of hydrogen-bond acceptors (Lipinski definition) is 3. The Bertz CT molecular complexity index is 697. The SMILES string of the molecule is N#C[C@@H](NC(=O)CCC1CCC1)c1cnn(-c2ccccc2)c1. The van der Waals surface area contributed by atoms with Crippen LogP contribution in [-0.4, -0.2) is 15.7 Å². The van der Waals surface area contributed by atoms with Gasteiger partial charge in [0.05, 0.1) is 18.0 Å². The number of aromatic nitrogens is 2. The number of hydrogen-bond donors (Lipinski definition) is 1. The van der Waals surface area contributed by atoms with E-state index < -0.39 is 6.04 Å². The normalized spacial score (nSPS) is 15.4. The molecule has 1 aromatic carbocycles. The number of nitrogens with one attached hydrogen (secondary N) is 1. The van der Waals surface area contributed by atoms with E-state index in [9.17, 15) is 10.1 Å². The number of para-hydroxylation sites is 1. The fourth-order valence-electron chi connectivity index (χ4n) is 2.75. The van der Waals surface area contributed by atoms with Crippen molar-refractivity contribution in [3.63, 3.8) is 0 Å². The van der Waals surface area contributed by atoms with E-state index in [1.165, 1.54) is 19.3 Å². The molecular weight excluding hydrogens is 288 g/mol. The molecule has 0 saturated heterocycles. The largest absolute Gasteiger partial charge is 0.337 e. The zero-order chi connectivity index (χ0) is 16.1. The van der Waals surface area contributed by atoms with Crippen LogP contribution in [0.25, 0.3) is 5.69 Å². The van der Waals surface area contributed by atoms with Crippen LogP contribution < -0.4 is 5.32 Å². The van der Waals surface area contributed by atoms with Gasteiger partial charge in [-0.25, -0.2) is 4.68 Å². The molecule has 1 heterocycles. The molecule has 2 aromatic rings. The first kappa shape index (κ1) is 15.3. The summed E-state index contributed by atoms with van der Waals surface area (Å²) in [6, 6.07) is 11.2. The van der Waals surface area contributed by atoms with Gasteiger partial charge in [0.25, 0.3) is 0 Å². The summed E-state index contributed by atoms with van der Waals surface area (Å²) in [5.41, 5.74) is 1.63. The van der Waals surface area contributed by atoms with E-state index in [0.29, 0.717) is 17.9 Å². The monoisotopic (exact) mass is 308 g/mol. The Labute approximate surface area is 135 Å². The molecule has 0 bridgehead atoms. The second-order valence-corrected chi connectivity index (χ2v) is 6.02. The molecule has 1 aromatic heterocycles. The van der Waals surface area contributed by atoms with Crippen molar-refractivity contribution in [3.8, 4) is 11.8 Å². The van der Waals surface area contributed by atoms with E-state index >= 15 is 0 Å². The lowest BCUT2D eigenvalue weighted by atomic mass is 9.82. The quantitative estimate of drug-likeness (QED) is 0.891. The smallest absolute Gasteiger partial charge is 0.221 e. The summed E-state index contributed by atoms with van der Waals surface area (Å²) in [7, 11) is 0.